The first-order valence-corrected chi connectivity index (χ1v) is 5.17. The number of fused-ring (bicyclic) bond motifs is 1. The molecule has 0 amide bonds. The van der Waals surface area contributed by atoms with Gasteiger partial charge in [-0.05, 0) is 31.0 Å². The fraction of sp³-hybridized carbons (Fsp3) is 0.333. The van der Waals surface area contributed by atoms with Crippen LogP contribution in [0.5, 0.6) is 5.75 Å². The fourth-order valence-electron chi connectivity index (χ4n) is 2.04. The molecule has 0 unspecified atom stereocenters. The van der Waals surface area contributed by atoms with E-state index in [4.69, 9.17) is 10.5 Å². The summed E-state index contributed by atoms with van der Waals surface area (Å²) < 4.78 is 5.40. The van der Waals surface area contributed by atoms with E-state index < -0.39 is 0 Å². The van der Waals surface area contributed by atoms with Crippen LogP contribution in [0.4, 0.5) is 0 Å². The van der Waals surface area contributed by atoms with Crippen LogP contribution in [0.2, 0.25) is 0 Å². The van der Waals surface area contributed by atoms with E-state index in [0.717, 1.165) is 29.7 Å². The van der Waals surface area contributed by atoms with Gasteiger partial charge in [0.05, 0.1) is 7.11 Å². The van der Waals surface area contributed by atoms with E-state index in [1.807, 2.05) is 18.3 Å². The lowest BCUT2D eigenvalue weighted by Gasteiger charge is -2.14. The molecule has 15 heavy (non-hydrogen) atoms. The molecule has 0 atom stereocenters. The van der Waals surface area contributed by atoms with Gasteiger partial charge in [-0.2, -0.15) is 0 Å². The highest BCUT2D eigenvalue weighted by Crippen LogP contribution is 2.47. The summed E-state index contributed by atoms with van der Waals surface area (Å²) in [5.41, 5.74) is 8.31. The average Bonchev–Trinajstić information content (AvgIpc) is 2.83. The third-order valence-corrected chi connectivity index (χ3v) is 3.20. The van der Waals surface area contributed by atoms with Gasteiger partial charge in [0, 0.05) is 28.2 Å². The summed E-state index contributed by atoms with van der Waals surface area (Å²) >= 11 is 0. The smallest absolute Gasteiger partial charge is 0.124 e. The lowest BCUT2D eigenvalue weighted by atomic mass is 10.0. The van der Waals surface area contributed by atoms with Crippen molar-refractivity contribution in [2.45, 2.75) is 18.4 Å². The fourth-order valence-corrected chi connectivity index (χ4v) is 2.04. The summed E-state index contributed by atoms with van der Waals surface area (Å²) in [6, 6.07) is 6.20. The van der Waals surface area contributed by atoms with E-state index in [2.05, 4.69) is 11.1 Å². The van der Waals surface area contributed by atoms with E-state index in [1.165, 1.54) is 5.39 Å². The molecular weight excluding hydrogens is 188 g/mol. The Morgan fingerprint density at radius 3 is 2.87 bits per heavy atom. The maximum Gasteiger partial charge on any atom is 0.124 e. The summed E-state index contributed by atoms with van der Waals surface area (Å²) in [4.78, 5) is 3.20. The van der Waals surface area contributed by atoms with Crippen LogP contribution >= 0.6 is 0 Å². The second-order valence-electron chi connectivity index (χ2n) is 4.27. The maximum atomic E-state index is 6.21. The van der Waals surface area contributed by atoms with Crippen molar-refractivity contribution in [3.05, 3.63) is 30.0 Å². The molecule has 1 aromatic heterocycles. The van der Waals surface area contributed by atoms with E-state index in [9.17, 15) is 0 Å². The van der Waals surface area contributed by atoms with Crippen molar-refractivity contribution in [1.82, 2.24) is 4.98 Å². The molecule has 1 fully saturated rings. The number of aromatic nitrogens is 1. The number of hydrogen-bond donors (Lipinski definition) is 2. The van der Waals surface area contributed by atoms with Gasteiger partial charge < -0.3 is 15.5 Å². The zero-order valence-electron chi connectivity index (χ0n) is 8.71. The van der Waals surface area contributed by atoms with E-state index >= 15 is 0 Å². The van der Waals surface area contributed by atoms with Crippen LogP contribution in [0.3, 0.4) is 0 Å². The van der Waals surface area contributed by atoms with Crippen LogP contribution in [0, 0.1) is 0 Å². The number of methoxy groups -OCH3 is 1. The Balaban J connectivity index is 2.25. The second-order valence-corrected chi connectivity index (χ2v) is 4.27. The van der Waals surface area contributed by atoms with Crippen LogP contribution in [-0.4, -0.2) is 12.1 Å². The van der Waals surface area contributed by atoms with Gasteiger partial charge in [-0.1, -0.05) is 0 Å². The summed E-state index contributed by atoms with van der Waals surface area (Å²) in [6.45, 7) is 0. The van der Waals surface area contributed by atoms with E-state index in [0.29, 0.717) is 0 Å². The Morgan fingerprint density at radius 2 is 2.20 bits per heavy atom. The minimum absolute atomic E-state index is 0.148. The first kappa shape index (κ1) is 8.80. The van der Waals surface area contributed by atoms with Gasteiger partial charge in [0.1, 0.15) is 5.75 Å². The molecule has 1 aromatic carbocycles. The van der Waals surface area contributed by atoms with Crippen molar-refractivity contribution in [1.29, 1.82) is 0 Å². The molecule has 2 aromatic rings. The van der Waals surface area contributed by atoms with Crippen molar-refractivity contribution in [2.24, 2.45) is 5.73 Å². The standard InChI is InChI=1S/C12H14N2O/c1-15-11-6-8-2-5-14-10(8)7-9(11)12(13)3-4-12/h2,5-7,14H,3-4,13H2,1H3. The lowest BCUT2D eigenvalue weighted by Crippen LogP contribution is -2.19. The van der Waals surface area contributed by atoms with Crippen molar-refractivity contribution >= 4 is 10.9 Å². The SMILES string of the molecule is COc1cc2cc[nH]c2cc1C1(N)CC1. The molecule has 78 valence electrons. The zero-order chi connectivity index (χ0) is 10.5. The first-order valence-electron chi connectivity index (χ1n) is 5.17. The summed E-state index contributed by atoms with van der Waals surface area (Å²) in [7, 11) is 1.70. The molecule has 1 heterocycles. The zero-order valence-corrected chi connectivity index (χ0v) is 8.71. The number of aromatic amines is 1. The first-order chi connectivity index (χ1) is 7.23. The molecule has 1 aliphatic carbocycles. The van der Waals surface area contributed by atoms with Crippen molar-refractivity contribution in [2.75, 3.05) is 7.11 Å². The number of nitrogens with two attached hydrogens (primary N) is 1. The Labute approximate surface area is 88.2 Å². The number of benzene rings is 1. The highest BCUT2D eigenvalue weighted by Gasteiger charge is 2.42. The molecule has 0 spiro atoms. The summed E-state index contributed by atoms with van der Waals surface area (Å²) in [5.74, 6) is 0.905. The quantitative estimate of drug-likeness (QED) is 0.783. The van der Waals surface area contributed by atoms with Gasteiger partial charge in [-0.15, -0.1) is 0 Å². The Bertz CT molecular complexity index is 511. The highest BCUT2D eigenvalue weighted by molar-refractivity contribution is 5.82. The highest BCUT2D eigenvalue weighted by atomic mass is 16.5. The molecule has 0 bridgehead atoms. The van der Waals surface area contributed by atoms with Crippen molar-refractivity contribution in [3.8, 4) is 5.75 Å². The Hall–Kier alpha value is -1.48. The minimum Gasteiger partial charge on any atom is -0.496 e. The van der Waals surface area contributed by atoms with Crippen LogP contribution in [0.15, 0.2) is 24.4 Å². The van der Waals surface area contributed by atoms with Gasteiger partial charge in [0.25, 0.3) is 0 Å². The predicted molar refractivity (Wildman–Crippen MR) is 60.0 cm³/mol. The number of ether oxygens (including phenoxy) is 1. The molecule has 0 aliphatic heterocycles. The molecule has 3 nitrogen and oxygen atoms in total. The molecule has 1 saturated carbocycles. The van der Waals surface area contributed by atoms with Gasteiger partial charge in [0.2, 0.25) is 0 Å². The third-order valence-electron chi connectivity index (χ3n) is 3.20. The van der Waals surface area contributed by atoms with Crippen LogP contribution < -0.4 is 10.5 Å². The average molecular weight is 202 g/mol. The summed E-state index contributed by atoms with van der Waals surface area (Å²) in [5, 5.41) is 1.17. The molecule has 3 heteroatoms. The van der Waals surface area contributed by atoms with Crippen LogP contribution in [0.1, 0.15) is 18.4 Å². The topological polar surface area (TPSA) is 51.0 Å². The molecule has 3 N–H and O–H groups in total. The number of hydrogen-bond acceptors (Lipinski definition) is 2. The Morgan fingerprint density at radius 1 is 1.40 bits per heavy atom. The number of rotatable bonds is 2. The number of nitrogens with one attached hydrogen (secondary N) is 1. The second kappa shape index (κ2) is 2.76. The molecule has 0 radical (unpaired) electrons. The minimum atomic E-state index is -0.148. The summed E-state index contributed by atoms with van der Waals surface area (Å²) in [6.07, 6.45) is 4.04. The van der Waals surface area contributed by atoms with Crippen molar-refractivity contribution < 1.29 is 4.74 Å². The van der Waals surface area contributed by atoms with Gasteiger partial charge in [-0.25, -0.2) is 0 Å². The van der Waals surface area contributed by atoms with Gasteiger partial charge in [0.15, 0.2) is 0 Å². The third kappa shape index (κ3) is 1.23. The predicted octanol–water partition coefficient (Wildman–Crippen LogP) is 2.12. The van der Waals surface area contributed by atoms with Gasteiger partial charge >= 0.3 is 0 Å². The van der Waals surface area contributed by atoms with E-state index in [1.54, 1.807) is 7.11 Å². The lowest BCUT2D eigenvalue weighted by molar-refractivity contribution is 0.405. The molecular formula is C12H14N2O. The maximum absolute atomic E-state index is 6.21. The molecule has 1 aliphatic rings. The molecule has 0 saturated heterocycles. The Kier molecular flexibility index (Phi) is 1.62. The van der Waals surface area contributed by atoms with Crippen LogP contribution in [-0.2, 0) is 5.54 Å². The largest absolute Gasteiger partial charge is 0.496 e. The monoisotopic (exact) mass is 202 g/mol. The van der Waals surface area contributed by atoms with Crippen LogP contribution in [0.25, 0.3) is 10.9 Å². The van der Waals surface area contributed by atoms with Crippen molar-refractivity contribution in [3.63, 3.8) is 0 Å². The van der Waals surface area contributed by atoms with E-state index in [-0.39, 0.29) is 5.54 Å². The normalized spacial score (nSPS) is 18.0. The van der Waals surface area contributed by atoms with Gasteiger partial charge in [-0.3, -0.25) is 0 Å². The number of H-pyrrole nitrogens is 1. The molecule has 3 rings (SSSR count).